The second kappa shape index (κ2) is 13.8. The minimum Gasteiger partial charge on any atom is -0.481 e. The lowest BCUT2D eigenvalue weighted by Gasteiger charge is -2.02. The molecule has 0 unspecified atom stereocenters. The number of carbonyl (C=O) groups is 3. The Kier molecular flexibility index (Phi) is 13.0. The third-order valence-electron chi connectivity index (χ3n) is 3.59. The van der Waals surface area contributed by atoms with Crippen LogP contribution in [0.25, 0.3) is 0 Å². The first-order valence-corrected chi connectivity index (χ1v) is 8.31. The molecule has 21 heavy (non-hydrogen) atoms. The molecule has 0 saturated heterocycles. The zero-order valence-corrected chi connectivity index (χ0v) is 13.4. The summed E-state index contributed by atoms with van der Waals surface area (Å²) < 4.78 is 0. The molecular weight excluding hydrogens is 268 g/mol. The van der Waals surface area contributed by atoms with Crippen molar-refractivity contribution in [3.8, 4) is 0 Å². The second-order valence-electron chi connectivity index (χ2n) is 5.70. The molecule has 0 aliphatic carbocycles. The van der Waals surface area contributed by atoms with E-state index in [4.69, 9.17) is 5.11 Å². The van der Waals surface area contributed by atoms with E-state index in [0.717, 1.165) is 25.7 Å². The molecule has 1 N–H and O–H groups in total. The van der Waals surface area contributed by atoms with Gasteiger partial charge >= 0.3 is 5.97 Å². The summed E-state index contributed by atoms with van der Waals surface area (Å²) in [5, 5.41) is 8.48. The van der Waals surface area contributed by atoms with Crippen molar-refractivity contribution in [2.24, 2.45) is 0 Å². The van der Waals surface area contributed by atoms with Crippen molar-refractivity contribution >= 4 is 17.5 Å². The molecule has 4 nitrogen and oxygen atoms in total. The van der Waals surface area contributed by atoms with Gasteiger partial charge in [0.25, 0.3) is 0 Å². The number of carboxylic acid groups (broad SMARTS) is 1. The number of unbranched alkanes of at least 4 members (excludes halogenated alkanes) is 6. The summed E-state index contributed by atoms with van der Waals surface area (Å²) in [7, 11) is 0. The van der Waals surface area contributed by atoms with Crippen LogP contribution in [0.15, 0.2) is 0 Å². The highest BCUT2D eigenvalue weighted by atomic mass is 16.4. The summed E-state index contributed by atoms with van der Waals surface area (Å²) in [6.45, 7) is 2.17. The van der Waals surface area contributed by atoms with Crippen molar-refractivity contribution in [1.29, 1.82) is 0 Å². The minimum absolute atomic E-state index is 0.129. The van der Waals surface area contributed by atoms with Gasteiger partial charge in [-0.1, -0.05) is 39.0 Å². The van der Waals surface area contributed by atoms with E-state index in [9.17, 15) is 14.4 Å². The Balaban J connectivity index is 3.42. The summed E-state index contributed by atoms with van der Waals surface area (Å²) in [5.41, 5.74) is 0. The third-order valence-corrected chi connectivity index (χ3v) is 3.59. The Labute approximate surface area is 128 Å². The van der Waals surface area contributed by atoms with Gasteiger partial charge in [0.2, 0.25) is 0 Å². The summed E-state index contributed by atoms with van der Waals surface area (Å²) in [4.78, 5) is 33.5. The predicted octanol–water partition coefficient (Wildman–Crippen LogP) is 4.30. The Hall–Kier alpha value is -1.19. The van der Waals surface area contributed by atoms with Crippen molar-refractivity contribution in [2.45, 2.75) is 90.4 Å². The number of hydrogen-bond acceptors (Lipinski definition) is 3. The maximum atomic E-state index is 11.6. The van der Waals surface area contributed by atoms with Gasteiger partial charge in [0, 0.05) is 32.1 Å². The number of rotatable bonds is 15. The molecule has 0 heterocycles. The van der Waals surface area contributed by atoms with Gasteiger partial charge in [-0.05, 0) is 19.3 Å². The van der Waals surface area contributed by atoms with Crippen LogP contribution >= 0.6 is 0 Å². The lowest BCUT2D eigenvalue weighted by atomic mass is 10.0. The molecule has 0 aromatic heterocycles. The molecule has 0 atom stereocenters. The van der Waals surface area contributed by atoms with Crippen molar-refractivity contribution in [2.75, 3.05) is 0 Å². The summed E-state index contributed by atoms with van der Waals surface area (Å²) >= 11 is 0. The molecule has 0 amide bonds. The van der Waals surface area contributed by atoms with E-state index in [1.165, 1.54) is 19.3 Å². The van der Waals surface area contributed by atoms with E-state index >= 15 is 0 Å². The first-order chi connectivity index (χ1) is 10.1. The summed E-state index contributed by atoms with van der Waals surface area (Å²) in [5.74, 6) is -0.457. The first kappa shape index (κ1) is 19.8. The van der Waals surface area contributed by atoms with Crippen LogP contribution in [0.5, 0.6) is 0 Å². The smallest absolute Gasteiger partial charge is 0.303 e. The fourth-order valence-electron chi connectivity index (χ4n) is 2.23. The molecular formula is C17H30O4. The van der Waals surface area contributed by atoms with Gasteiger partial charge in [0.15, 0.2) is 0 Å². The molecule has 0 aromatic carbocycles. The Morgan fingerprint density at radius 3 is 1.52 bits per heavy atom. The Bertz CT molecular complexity index is 310. The highest BCUT2D eigenvalue weighted by Crippen LogP contribution is 2.09. The van der Waals surface area contributed by atoms with Crippen molar-refractivity contribution in [3.05, 3.63) is 0 Å². The van der Waals surface area contributed by atoms with Crippen LogP contribution < -0.4 is 0 Å². The van der Waals surface area contributed by atoms with Crippen LogP contribution in [0.2, 0.25) is 0 Å². The van der Waals surface area contributed by atoms with Crippen molar-refractivity contribution in [3.63, 3.8) is 0 Å². The maximum Gasteiger partial charge on any atom is 0.303 e. The average molecular weight is 298 g/mol. The largest absolute Gasteiger partial charge is 0.481 e. The molecule has 122 valence electrons. The molecule has 4 heteroatoms. The number of carbonyl (C=O) groups excluding carboxylic acids is 2. The lowest BCUT2D eigenvalue weighted by Crippen LogP contribution is -2.04. The Morgan fingerprint density at radius 1 is 0.619 bits per heavy atom. The van der Waals surface area contributed by atoms with E-state index in [0.29, 0.717) is 32.1 Å². The fourth-order valence-corrected chi connectivity index (χ4v) is 2.23. The van der Waals surface area contributed by atoms with Crippen molar-refractivity contribution < 1.29 is 19.5 Å². The number of ketones is 2. The van der Waals surface area contributed by atoms with E-state index < -0.39 is 5.97 Å². The zero-order valence-electron chi connectivity index (χ0n) is 13.4. The normalized spacial score (nSPS) is 10.5. The quantitative estimate of drug-likeness (QED) is 0.457. The molecule has 0 fully saturated rings. The van der Waals surface area contributed by atoms with Crippen molar-refractivity contribution in [1.82, 2.24) is 0 Å². The third kappa shape index (κ3) is 15.0. The molecule has 0 aliphatic rings. The second-order valence-corrected chi connectivity index (χ2v) is 5.70. The minimum atomic E-state index is -0.786. The topological polar surface area (TPSA) is 71.4 Å². The average Bonchev–Trinajstić information content (AvgIpc) is 2.44. The SMILES string of the molecule is CCCCCCCC(=O)CCC(=O)CCCCCC(=O)O. The van der Waals surface area contributed by atoms with E-state index in [2.05, 4.69) is 6.92 Å². The highest BCUT2D eigenvalue weighted by Gasteiger charge is 2.07. The zero-order chi connectivity index (χ0) is 15.9. The molecule has 0 radical (unpaired) electrons. The van der Waals surface area contributed by atoms with Gasteiger partial charge in [-0.25, -0.2) is 0 Å². The van der Waals surface area contributed by atoms with E-state index in [1.54, 1.807) is 0 Å². The number of hydrogen-bond donors (Lipinski definition) is 1. The molecule has 0 rings (SSSR count). The van der Waals surface area contributed by atoms with Gasteiger partial charge in [-0.15, -0.1) is 0 Å². The molecule has 0 aromatic rings. The number of carboxylic acids is 1. The van der Waals surface area contributed by atoms with Crippen LogP contribution in [0.3, 0.4) is 0 Å². The van der Waals surface area contributed by atoms with Crippen LogP contribution in [-0.2, 0) is 14.4 Å². The van der Waals surface area contributed by atoms with Crippen LogP contribution in [-0.4, -0.2) is 22.6 Å². The molecule has 0 spiro atoms. The summed E-state index contributed by atoms with van der Waals surface area (Å²) in [6, 6.07) is 0. The van der Waals surface area contributed by atoms with E-state index in [-0.39, 0.29) is 18.0 Å². The van der Waals surface area contributed by atoms with Crippen LogP contribution in [0, 0.1) is 0 Å². The van der Waals surface area contributed by atoms with E-state index in [1.807, 2.05) is 0 Å². The standard InChI is InChI=1S/C17H30O4/c1-2-3-4-5-7-10-15(18)13-14-16(19)11-8-6-9-12-17(20)21/h2-14H2,1H3,(H,20,21). The monoisotopic (exact) mass is 298 g/mol. The molecule has 0 bridgehead atoms. The predicted molar refractivity (Wildman–Crippen MR) is 83.3 cm³/mol. The highest BCUT2D eigenvalue weighted by molar-refractivity contribution is 5.85. The number of aliphatic carboxylic acids is 1. The van der Waals surface area contributed by atoms with Crippen LogP contribution in [0.1, 0.15) is 90.4 Å². The molecule has 0 aliphatic heterocycles. The van der Waals surface area contributed by atoms with Gasteiger partial charge in [0.1, 0.15) is 11.6 Å². The summed E-state index contributed by atoms with van der Waals surface area (Å²) in [6.07, 6.45) is 9.79. The van der Waals surface area contributed by atoms with Gasteiger partial charge in [0.05, 0.1) is 0 Å². The molecule has 0 saturated carbocycles. The lowest BCUT2D eigenvalue weighted by molar-refractivity contribution is -0.137. The number of Topliss-reactive ketones (excluding diaryl/α,β-unsaturated/α-hetero) is 2. The first-order valence-electron chi connectivity index (χ1n) is 8.31. The maximum absolute atomic E-state index is 11.6. The van der Waals surface area contributed by atoms with Gasteiger partial charge in [-0.3, -0.25) is 14.4 Å². The fraction of sp³-hybridized carbons (Fsp3) is 0.824. The van der Waals surface area contributed by atoms with Crippen LogP contribution in [0.4, 0.5) is 0 Å². The Morgan fingerprint density at radius 2 is 1.05 bits per heavy atom. The van der Waals surface area contributed by atoms with Gasteiger partial charge in [-0.2, -0.15) is 0 Å². The van der Waals surface area contributed by atoms with Gasteiger partial charge < -0.3 is 5.11 Å².